The van der Waals surface area contributed by atoms with Crippen LogP contribution in [0.4, 0.5) is 0 Å². The van der Waals surface area contributed by atoms with Crippen LogP contribution in [0.25, 0.3) is 0 Å². The predicted octanol–water partition coefficient (Wildman–Crippen LogP) is 5.33. The standard InChI is InChI=1S/C27H28O3/c28-24(20-21-12-4-1-5-13-21)27(23-16-8-3-9-17-23)19-11-10-18-25(27)30-26(29)22-14-6-2-7-15-22/h1-9,12-17,24-25,28H,10-11,18-20H2/t24-,25-,27+/m0/s1. The van der Waals surface area contributed by atoms with E-state index in [1.54, 1.807) is 12.1 Å². The molecule has 0 saturated heterocycles. The Morgan fingerprint density at radius 1 is 0.900 bits per heavy atom. The van der Waals surface area contributed by atoms with Crippen LogP contribution in [0.15, 0.2) is 91.0 Å². The monoisotopic (exact) mass is 400 g/mol. The lowest BCUT2D eigenvalue weighted by Gasteiger charge is -2.47. The number of hydrogen-bond acceptors (Lipinski definition) is 3. The van der Waals surface area contributed by atoms with Crippen molar-refractivity contribution in [2.45, 2.75) is 49.7 Å². The first-order chi connectivity index (χ1) is 14.7. The Kier molecular flexibility index (Phi) is 6.29. The highest BCUT2D eigenvalue weighted by atomic mass is 16.5. The summed E-state index contributed by atoms with van der Waals surface area (Å²) >= 11 is 0. The maximum absolute atomic E-state index is 12.9. The van der Waals surface area contributed by atoms with Crippen LogP contribution >= 0.6 is 0 Å². The van der Waals surface area contributed by atoms with Crippen LogP contribution in [0.2, 0.25) is 0 Å². The van der Waals surface area contributed by atoms with Gasteiger partial charge in [-0.2, -0.15) is 0 Å². The molecule has 30 heavy (non-hydrogen) atoms. The highest BCUT2D eigenvalue weighted by Gasteiger charge is 2.49. The molecule has 0 unspecified atom stereocenters. The fourth-order valence-corrected chi connectivity index (χ4v) is 4.77. The predicted molar refractivity (Wildman–Crippen MR) is 118 cm³/mol. The molecule has 3 atom stereocenters. The van der Waals surface area contributed by atoms with Crippen LogP contribution < -0.4 is 0 Å². The van der Waals surface area contributed by atoms with Gasteiger partial charge in [-0.3, -0.25) is 0 Å². The van der Waals surface area contributed by atoms with E-state index in [4.69, 9.17) is 4.74 Å². The van der Waals surface area contributed by atoms with Crippen LogP contribution in [-0.2, 0) is 16.6 Å². The first-order valence-corrected chi connectivity index (χ1v) is 10.7. The van der Waals surface area contributed by atoms with Crippen LogP contribution in [-0.4, -0.2) is 23.3 Å². The number of carbonyl (C=O) groups is 1. The summed E-state index contributed by atoms with van der Waals surface area (Å²) in [6.45, 7) is 0. The Labute approximate surface area is 178 Å². The van der Waals surface area contributed by atoms with Crippen molar-refractivity contribution >= 4 is 5.97 Å². The zero-order chi connectivity index (χ0) is 20.8. The van der Waals surface area contributed by atoms with Gasteiger partial charge in [-0.25, -0.2) is 4.79 Å². The summed E-state index contributed by atoms with van der Waals surface area (Å²) in [5.74, 6) is -0.324. The number of carbonyl (C=O) groups excluding carboxylic acids is 1. The molecule has 1 aliphatic rings. The van der Waals surface area contributed by atoms with E-state index in [9.17, 15) is 9.90 Å². The molecule has 1 fully saturated rings. The van der Waals surface area contributed by atoms with Gasteiger partial charge in [-0.1, -0.05) is 85.3 Å². The SMILES string of the molecule is O=C(O[C@H]1CCCC[C@@]1(c1ccccc1)[C@@H](O)Cc1ccccc1)c1ccccc1. The van der Waals surface area contributed by atoms with Gasteiger partial charge in [0.25, 0.3) is 0 Å². The minimum atomic E-state index is -0.656. The second kappa shape index (κ2) is 9.27. The van der Waals surface area contributed by atoms with E-state index >= 15 is 0 Å². The summed E-state index contributed by atoms with van der Waals surface area (Å²) in [6.07, 6.45) is 3.02. The van der Waals surface area contributed by atoms with E-state index in [0.717, 1.165) is 36.8 Å². The summed E-state index contributed by atoms with van der Waals surface area (Å²) in [6, 6.07) is 29.2. The normalized spacial score (nSPS) is 22.2. The van der Waals surface area contributed by atoms with Crippen molar-refractivity contribution in [3.8, 4) is 0 Å². The van der Waals surface area contributed by atoms with Crippen LogP contribution in [0.1, 0.15) is 47.2 Å². The Hall–Kier alpha value is -2.91. The zero-order valence-corrected chi connectivity index (χ0v) is 17.1. The third kappa shape index (κ3) is 4.17. The van der Waals surface area contributed by atoms with Crippen LogP contribution in [0.5, 0.6) is 0 Å². The third-order valence-electron chi connectivity index (χ3n) is 6.32. The molecule has 1 saturated carbocycles. The van der Waals surface area contributed by atoms with Crippen molar-refractivity contribution < 1.29 is 14.6 Å². The maximum atomic E-state index is 12.9. The number of hydrogen-bond donors (Lipinski definition) is 1. The fraction of sp³-hybridized carbons (Fsp3) is 0.296. The molecule has 0 spiro atoms. The molecule has 0 amide bonds. The van der Waals surface area contributed by atoms with E-state index in [1.807, 2.05) is 66.7 Å². The van der Waals surface area contributed by atoms with Crippen LogP contribution in [0.3, 0.4) is 0 Å². The number of aliphatic hydroxyl groups is 1. The van der Waals surface area contributed by atoms with Gasteiger partial charge < -0.3 is 9.84 Å². The number of aliphatic hydroxyl groups excluding tert-OH is 1. The van der Waals surface area contributed by atoms with Crippen molar-refractivity contribution in [2.24, 2.45) is 0 Å². The fourth-order valence-electron chi connectivity index (χ4n) is 4.77. The molecule has 3 nitrogen and oxygen atoms in total. The Bertz CT molecular complexity index is 940. The minimum Gasteiger partial charge on any atom is -0.458 e. The molecule has 0 aliphatic heterocycles. The van der Waals surface area contributed by atoms with Crippen molar-refractivity contribution in [2.75, 3.05) is 0 Å². The van der Waals surface area contributed by atoms with Gasteiger partial charge in [-0.15, -0.1) is 0 Å². The Morgan fingerprint density at radius 3 is 2.17 bits per heavy atom. The van der Waals surface area contributed by atoms with Gasteiger partial charge in [0.1, 0.15) is 6.10 Å². The van der Waals surface area contributed by atoms with E-state index in [0.29, 0.717) is 12.0 Å². The number of rotatable bonds is 6. The summed E-state index contributed by atoms with van der Waals surface area (Å²) in [5.41, 5.74) is 2.04. The molecule has 3 aromatic rings. The second-order valence-electron chi connectivity index (χ2n) is 8.12. The summed E-state index contributed by atoms with van der Waals surface area (Å²) in [4.78, 5) is 12.9. The van der Waals surface area contributed by atoms with Gasteiger partial charge in [0.2, 0.25) is 0 Å². The lowest BCUT2D eigenvalue weighted by atomic mass is 9.63. The summed E-state index contributed by atoms with van der Waals surface area (Å²) in [5, 5.41) is 11.6. The Morgan fingerprint density at radius 2 is 1.50 bits per heavy atom. The van der Waals surface area contributed by atoms with Crippen LogP contribution in [0, 0.1) is 0 Å². The highest BCUT2D eigenvalue weighted by Crippen LogP contribution is 2.45. The largest absolute Gasteiger partial charge is 0.458 e. The first-order valence-electron chi connectivity index (χ1n) is 10.7. The van der Waals surface area contributed by atoms with Crippen molar-refractivity contribution in [1.29, 1.82) is 0 Å². The number of esters is 1. The topological polar surface area (TPSA) is 46.5 Å². The van der Waals surface area contributed by atoms with Gasteiger partial charge >= 0.3 is 5.97 Å². The van der Waals surface area contributed by atoms with Crippen molar-refractivity contribution in [1.82, 2.24) is 0 Å². The first kappa shape index (κ1) is 20.4. The van der Waals surface area contributed by atoms with E-state index in [-0.39, 0.29) is 12.1 Å². The average molecular weight is 401 g/mol. The lowest BCUT2D eigenvalue weighted by molar-refractivity contribution is -0.0576. The summed E-state index contributed by atoms with van der Waals surface area (Å²) < 4.78 is 6.11. The van der Waals surface area contributed by atoms with Gasteiger partial charge in [0, 0.05) is 0 Å². The van der Waals surface area contributed by atoms with E-state index in [1.165, 1.54) is 0 Å². The quantitative estimate of drug-likeness (QED) is 0.569. The molecule has 0 radical (unpaired) electrons. The average Bonchev–Trinajstić information content (AvgIpc) is 2.81. The second-order valence-corrected chi connectivity index (χ2v) is 8.12. The van der Waals surface area contributed by atoms with E-state index in [2.05, 4.69) is 12.1 Å². The number of ether oxygens (including phenoxy) is 1. The molecule has 0 heterocycles. The smallest absolute Gasteiger partial charge is 0.338 e. The van der Waals surface area contributed by atoms with Crippen molar-refractivity contribution in [3.05, 3.63) is 108 Å². The molecule has 3 aromatic carbocycles. The maximum Gasteiger partial charge on any atom is 0.338 e. The zero-order valence-electron chi connectivity index (χ0n) is 17.1. The molecule has 0 aromatic heterocycles. The molecule has 4 rings (SSSR count). The number of benzene rings is 3. The molecule has 1 aliphatic carbocycles. The third-order valence-corrected chi connectivity index (χ3v) is 6.32. The molecule has 3 heteroatoms. The minimum absolute atomic E-state index is 0.324. The molecular formula is C27H28O3. The lowest BCUT2D eigenvalue weighted by Crippen LogP contribution is -2.53. The van der Waals surface area contributed by atoms with Gasteiger partial charge in [-0.05, 0) is 48.9 Å². The molecule has 154 valence electrons. The van der Waals surface area contributed by atoms with E-state index < -0.39 is 11.5 Å². The van der Waals surface area contributed by atoms with Gasteiger partial charge in [0.05, 0.1) is 17.1 Å². The molecular weight excluding hydrogens is 372 g/mol. The molecule has 0 bridgehead atoms. The van der Waals surface area contributed by atoms with Crippen molar-refractivity contribution in [3.63, 3.8) is 0 Å². The van der Waals surface area contributed by atoms with Gasteiger partial charge in [0.15, 0.2) is 0 Å². The highest BCUT2D eigenvalue weighted by molar-refractivity contribution is 5.89. The Balaban J connectivity index is 1.69. The summed E-state index contributed by atoms with van der Waals surface area (Å²) in [7, 11) is 0. The molecule has 1 N–H and O–H groups in total.